The molecule has 4 nitrogen and oxygen atoms in total. The number of nitrogens with two attached hydrogens (primary N) is 1. The van der Waals surface area contributed by atoms with Crippen LogP contribution in [0.2, 0.25) is 0 Å². The molecule has 1 unspecified atom stereocenters. The number of rotatable bonds is 5. The van der Waals surface area contributed by atoms with Crippen LogP contribution in [-0.2, 0) is 16.0 Å². The Morgan fingerprint density at radius 1 is 1.22 bits per heavy atom. The van der Waals surface area contributed by atoms with Crippen molar-refractivity contribution in [2.75, 3.05) is 0 Å². The van der Waals surface area contributed by atoms with E-state index in [4.69, 9.17) is 5.73 Å². The van der Waals surface area contributed by atoms with Crippen LogP contribution in [0.25, 0.3) is 0 Å². The fraction of sp³-hybridized carbons (Fsp3) is 0.429. The van der Waals surface area contributed by atoms with Gasteiger partial charge in [0.15, 0.2) is 0 Å². The van der Waals surface area contributed by atoms with Crippen molar-refractivity contribution in [2.24, 2.45) is 11.7 Å². The van der Waals surface area contributed by atoms with Crippen molar-refractivity contribution in [3.8, 4) is 0 Å². The zero-order chi connectivity index (χ0) is 13.7. The van der Waals surface area contributed by atoms with E-state index in [9.17, 15) is 9.59 Å². The Hall–Kier alpha value is -1.84. The predicted octanol–water partition coefficient (Wildman–Crippen LogP) is 1.16. The van der Waals surface area contributed by atoms with Crippen molar-refractivity contribution in [3.05, 3.63) is 35.4 Å². The van der Waals surface area contributed by atoms with E-state index in [1.54, 1.807) is 0 Å². The van der Waals surface area contributed by atoms with Crippen LogP contribution < -0.4 is 11.1 Å². The number of aryl methyl sites for hydroxylation is 1. The Morgan fingerprint density at radius 3 is 2.22 bits per heavy atom. The summed E-state index contributed by atoms with van der Waals surface area (Å²) >= 11 is 0. The largest absolute Gasteiger partial charge is 0.368 e. The molecule has 1 atom stereocenters. The third-order valence-corrected chi connectivity index (χ3v) is 2.77. The smallest absolute Gasteiger partial charge is 0.240 e. The van der Waals surface area contributed by atoms with Gasteiger partial charge >= 0.3 is 0 Å². The number of amides is 2. The summed E-state index contributed by atoms with van der Waals surface area (Å²) in [7, 11) is 0. The van der Waals surface area contributed by atoms with Crippen molar-refractivity contribution in [1.29, 1.82) is 0 Å². The summed E-state index contributed by atoms with van der Waals surface area (Å²) in [6, 6.07) is 7.11. The second kappa shape index (κ2) is 6.19. The minimum Gasteiger partial charge on any atom is -0.368 e. The van der Waals surface area contributed by atoms with Crippen molar-refractivity contribution >= 4 is 11.8 Å². The van der Waals surface area contributed by atoms with Crippen LogP contribution in [0, 0.1) is 12.8 Å². The van der Waals surface area contributed by atoms with Gasteiger partial charge in [0.05, 0.1) is 6.42 Å². The topological polar surface area (TPSA) is 72.2 Å². The number of primary amides is 1. The molecular weight excluding hydrogens is 228 g/mol. The van der Waals surface area contributed by atoms with E-state index in [0.717, 1.165) is 11.1 Å². The molecule has 0 aliphatic heterocycles. The molecular formula is C14H20N2O2. The maximum atomic E-state index is 11.8. The van der Waals surface area contributed by atoms with Crippen LogP contribution in [-0.4, -0.2) is 17.9 Å². The Morgan fingerprint density at radius 2 is 1.78 bits per heavy atom. The monoisotopic (exact) mass is 248 g/mol. The molecule has 98 valence electrons. The summed E-state index contributed by atoms with van der Waals surface area (Å²) in [6.45, 7) is 5.69. The van der Waals surface area contributed by atoms with E-state index in [-0.39, 0.29) is 18.2 Å². The summed E-state index contributed by atoms with van der Waals surface area (Å²) in [5.41, 5.74) is 7.32. The second-order valence-electron chi connectivity index (χ2n) is 4.85. The van der Waals surface area contributed by atoms with E-state index in [2.05, 4.69) is 5.32 Å². The minimum atomic E-state index is -0.608. The molecule has 18 heavy (non-hydrogen) atoms. The highest BCUT2D eigenvalue weighted by molar-refractivity contribution is 5.87. The van der Waals surface area contributed by atoms with E-state index < -0.39 is 11.9 Å². The average Bonchev–Trinajstić information content (AvgIpc) is 2.28. The zero-order valence-electron chi connectivity index (χ0n) is 11.1. The van der Waals surface area contributed by atoms with Gasteiger partial charge in [-0.25, -0.2) is 0 Å². The Bertz CT molecular complexity index is 424. The fourth-order valence-corrected chi connectivity index (χ4v) is 1.68. The first kappa shape index (κ1) is 14.2. The van der Waals surface area contributed by atoms with Crippen LogP contribution >= 0.6 is 0 Å². The highest BCUT2D eigenvalue weighted by Gasteiger charge is 2.21. The van der Waals surface area contributed by atoms with E-state index in [0.29, 0.717) is 0 Å². The van der Waals surface area contributed by atoms with Crippen LogP contribution in [0.3, 0.4) is 0 Å². The third kappa shape index (κ3) is 4.20. The van der Waals surface area contributed by atoms with E-state index in [1.807, 2.05) is 45.0 Å². The molecule has 0 heterocycles. The first-order valence-electron chi connectivity index (χ1n) is 6.04. The quantitative estimate of drug-likeness (QED) is 0.820. The standard InChI is InChI=1S/C14H20N2O2/c1-9(2)13(14(15)18)16-12(17)8-11-6-4-10(3)5-7-11/h4-7,9,13H,8H2,1-3H3,(H2,15,18)(H,16,17). The lowest BCUT2D eigenvalue weighted by atomic mass is 10.0. The first-order valence-corrected chi connectivity index (χ1v) is 6.04. The lowest BCUT2D eigenvalue weighted by Crippen LogP contribution is -2.48. The second-order valence-corrected chi connectivity index (χ2v) is 4.85. The number of carbonyl (C=O) groups is 2. The van der Waals surface area contributed by atoms with E-state index >= 15 is 0 Å². The Kier molecular flexibility index (Phi) is 4.89. The Labute approximate surface area is 108 Å². The van der Waals surface area contributed by atoms with Crippen molar-refractivity contribution in [2.45, 2.75) is 33.2 Å². The molecule has 0 aliphatic rings. The van der Waals surface area contributed by atoms with Crippen molar-refractivity contribution in [3.63, 3.8) is 0 Å². The highest BCUT2D eigenvalue weighted by atomic mass is 16.2. The Balaban J connectivity index is 2.60. The summed E-state index contributed by atoms with van der Waals surface area (Å²) in [4.78, 5) is 23.0. The average molecular weight is 248 g/mol. The van der Waals surface area contributed by atoms with Gasteiger partial charge in [0.1, 0.15) is 6.04 Å². The molecule has 2 amide bonds. The number of carbonyl (C=O) groups excluding carboxylic acids is 2. The minimum absolute atomic E-state index is 0.00975. The predicted molar refractivity (Wildman–Crippen MR) is 70.8 cm³/mol. The van der Waals surface area contributed by atoms with Crippen LogP contribution in [0.15, 0.2) is 24.3 Å². The van der Waals surface area contributed by atoms with Gasteiger partial charge in [-0.3, -0.25) is 9.59 Å². The highest BCUT2D eigenvalue weighted by Crippen LogP contribution is 2.05. The summed E-state index contributed by atoms with van der Waals surface area (Å²) in [5.74, 6) is -0.692. The SMILES string of the molecule is Cc1ccc(CC(=O)NC(C(N)=O)C(C)C)cc1. The van der Waals surface area contributed by atoms with Gasteiger partial charge in [0, 0.05) is 0 Å². The molecule has 1 aromatic rings. The molecule has 0 saturated carbocycles. The normalized spacial score (nSPS) is 12.2. The van der Waals surface area contributed by atoms with Gasteiger partial charge in [-0.2, -0.15) is 0 Å². The molecule has 1 rings (SSSR count). The third-order valence-electron chi connectivity index (χ3n) is 2.77. The molecule has 4 heteroatoms. The number of hydrogen-bond acceptors (Lipinski definition) is 2. The lowest BCUT2D eigenvalue weighted by Gasteiger charge is -2.18. The van der Waals surface area contributed by atoms with E-state index in [1.165, 1.54) is 0 Å². The molecule has 0 aliphatic carbocycles. The molecule has 0 bridgehead atoms. The van der Waals surface area contributed by atoms with Gasteiger partial charge in [-0.15, -0.1) is 0 Å². The molecule has 3 N–H and O–H groups in total. The summed E-state index contributed by atoms with van der Waals surface area (Å²) < 4.78 is 0. The van der Waals surface area contributed by atoms with Crippen molar-refractivity contribution < 1.29 is 9.59 Å². The maximum Gasteiger partial charge on any atom is 0.240 e. The van der Waals surface area contributed by atoms with Gasteiger partial charge < -0.3 is 11.1 Å². The molecule has 0 spiro atoms. The summed E-state index contributed by atoms with van der Waals surface area (Å²) in [5, 5.41) is 2.67. The summed E-state index contributed by atoms with van der Waals surface area (Å²) in [6.07, 6.45) is 0.261. The van der Waals surface area contributed by atoms with Gasteiger partial charge in [-0.05, 0) is 18.4 Å². The van der Waals surface area contributed by atoms with Crippen LogP contribution in [0.4, 0.5) is 0 Å². The van der Waals surface area contributed by atoms with Gasteiger partial charge in [0.2, 0.25) is 11.8 Å². The fourth-order valence-electron chi connectivity index (χ4n) is 1.68. The number of benzene rings is 1. The lowest BCUT2D eigenvalue weighted by molar-refractivity contribution is -0.127. The number of nitrogens with one attached hydrogen (secondary N) is 1. The van der Waals surface area contributed by atoms with Crippen molar-refractivity contribution in [1.82, 2.24) is 5.32 Å². The molecule has 1 aromatic carbocycles. The molecule has 0 radical (unpaired) electrons. The van der Waals surface area contributed by atoms with Crippen LogP contribution in [0.5, 0.6) is 0 Å². The molecule has 0 aromatic heterocycles. The first-order chi connectivity index (χ1) is 8.40. The van der Waals surface area contributed by atoms with Gasteiger partial charge in [0.25, 0.3) is 0 Å². The number of hydrogen-bond donors (Lipinski definition) is 2. The van der Waals surface area contributed by atoms with Crippen LogP contribution in [0.1, 0.15) is 25.0 Å². The molecule has 0 fully saturated rings. The van der Waals surface area contributed by atoms with Gasteiger partial charge in [-0.1, -0.05) is 43.7 Å². The molecule has 0 saturated heterocycles. The zero-order valence-corrected chi connectivity index (χ0v) is 11.1. The maximum absolute atomic E-state index is 11.8.